The van der Waals surface area contributed by atoms with E-state index in [0.29, 0.717) is 21.8 Å². The molecule has 1 amide bonds. The zero-order chi connectivity index (χ0) is 21.9. The zero-order valence-corrected chi connectivity index (χ0v) is 17.8. The molecular formula is C26H18FN3OS. The summed E-state index contributed by atoms with van der Waals surface area (Å²) in [6.07, 6.45) is 0. The average molecular weight is 440 g/mol. The lowest BCUT2D eigenvalue weighted by Gasteiger charge is -2.10. The monoisotopic (exact) mass is 439 g/mol. The predicted octanol–water partition coefficient (Wildman–Crippen LogP) is 6.32. The Morgan fingerprint density at radius 2 is 1.62 bits per heavy atom. The quantitative estimate of drug-likeness (QED) is 0.257. The Kier molecular flexibility index (Phi) is 5.52. The molecule has 1 heterocycles. The highest BCUT2D eigenvalue weighted by atomic mass is 32.2. The molecule has 32 heavy (non-hydrogen) atoms. The highest BCUT2D eigenvalue weighted by molar-refractivity contribution is 8.00. The number of nitrogens with one attached hydrogen (secondary N) is 1. The first-order chi connectivity index (χ1) is 15.7. The molecule has 0 fully saturated rings. The number of hydrogen-bond acceptors (Lipinski definition) is 4. The maximum Gasteiger partial charge on any atom is 0.234 e. The van der Waals surface area contributed by atoms with Crippen LogP contribution < -0.4 is 5.32 Å². The molecule has 0 aliphatic carbocycles. The summed E-state index contributed by atoms with van der Waals surface area (Å²) in [6, 6.07) is 27.7. The van der Waals surface area contributed by atoms with Crippen molar-refractivity contribution >= 4 is 45.0 Å². The highest BCUT2D eigenvalue weighted by Crippen LogP contribution is 2.29. The van der Waals surface area contributed by atoms with E-state index in [-0.39, 0.29) is 17.5 Å². The number of rotatable bonds is 5. The van der Waals surface area contributed by atoms with Crippen LogP contribution in [0.5, 0.6) is 0 Å². The lowest BCUT2D eigenvalue weighted by atomic mass is 10.1. The molecule has 0 aliphatic rings. The van der Waals surface area contributed by atoms with E-state index in [9.17, 15) is 9.18 Å². The minimum absolute atomic E-state index is 0.139. The van der Waals surface area contributed by atoms with E-state index in [1.54, 1.807) is 6.07 Å². The van der Waals surface area contributed by atoms with E-state index < -0.39 is 0 Å². The van der Waals surface area contributed by atoms with Gasteiger partial charge in [-0.15, -0.1) is 0 Å². The predicted molar refractivity (Wildman–Crippen MR) is 128 cm³/mol. The van der Waals surface area contributed by atoms with Gasteiger partial charge in [0.15, 0.2) is 5.82 Å². The zero-order valence-electron chi connectivity index (χ0n) is 17.0. The number of thioether (sulfide) groups is 1. The summed E-state index contributed by atoms with van der Waals surface area (Å²) in [4.78, 5) is 22.0. The maximum absolute atomic E-state index is 13.9. The first kappa shape index (κ1) is 20.2. The maximum atomic E-state index is 13.9. The lowest BCUT2D eigenvalue weighted by Crippen LogP contribution is -2.14. The summed E-state index contributed by atoms with van der Waals surface area (Å²) >= 11 is 1.27. The number of amides is 1. The number of aromatic nitrogens is 2. The van der Waals surface area contributed by atoms with Gasteiger partial charge < -0.3 is 5.32 Å². The van der Waals surface area contributed by atoms with Crippen LogP contribution in [0.25, 0.3) is 33.1 Å². The third-order valence-corrected chi connectivity index (χ3v) is 6.05. The van der Waals surface area contributed by atoms with Crippen LogP contribution in [-0.2, 0) is 4.79 Å². The van der Waals surface area contributed by atoms with Gasteiger partial charge >= 0.3 is 0 Å². The van der Waals surface area contributed by atoms with Gasteiger partial charge in [0.25, 0.3) is 0 Å². The molecule has 156 valence electrons. The van der Waals surface area contributed by atoms with Gasteiger partial charge in [0.1, 0.15) is 10.8 Å². The van der Waals surface area contributed by atoms with Crippen molar-refractivity contribution in [2.45, 2.75) is 5.03 Å². The van der Waals surface area contributed by atoms with Crippen LogP contribution in [0.1, 0.15) is 0 Å². The molecule has 4 aromatic carbocycles. The van der Waals surface area contributed by atoms with E-state index in [0.717, 1.165) is 22.0 Å². The molecule has 0 bridgehead atoms. The standard InChI is InChI=1S/C26H18FN3OS/c27-19-13-14-23-21(15-19)26(30-25(29-23)18-8-2-1-3-9-18)32-16-24(31)28-22-12-6-10-17-7-4-5-11-20(17)22/h1-15H,16H2,(H,28,31). The second kappa shape index (κ2) is 8.77. The van der Waals surface area contributed by atoms with Gasteiger partial charge in [-0.2, -0.15) is 0 Å². The van der Waals surface area contributed by atoms with Gasteiger partial charge in [0, 0.05) is 22.0 Å². The molecule has 0 spiro atoms. The SMILES string of the molecule is O=C(CSc1nc(-c2ccccc2)nc2ccc(F)cc12)Nc1cccc2ccccc12. The number of carbonyl (C=O) groups is 1. The number of carbonyl (C=O) groups excluding carboxylic acids is 1. The minimum Gasteiger partial charge on any atom is -0.325 e. The molecule has 1 N–H and O–H groups in total. The Bertz CT molecular complexity index is 1430. The molecule has 6 heteroatoms. The van der Waals surface area contributed by atoms with Gasteiger partial charge in [-0.1, -0.05) is 78.5 Å². The summed E-state index contributed by atoms with van der Waals surface area (Å²) in [7, 11) is 0. The van der Waals surface area contributed by atoms with E-state index in [1.807, 2.05) is 72.8 Å². The van der Waals surface area contributed by atoms with Gasteiger partial charge in [0.2, 0.25) is 5.91 Å². The normalized spacial score (nSPS) is 11.0. The third kappa shape index (κ3) is 4.18. The van der Waals surface area contributed by atoms with E-state index in [4.69, 9.17) is 0 Å². The number of benzene rings is 4. The van der Waals surface area contributed by atoms with Crippen molar-refractivity contribution in [2.75, 3.05) is 11.1 Å². The van der Waals surface area contributed by atoms with Crippen LogP contribution >= 0.6 is 11.8 Å². The molecule has 0 radical (unpaired) electrons. The fourth-order valence-corrected chi connectivity index (χ4v) is 4.36. The molecule has 0 atom stereocenters. The minimum atomic E-state index is -0.365. The molecule has 5 rings (SSSR count). The lowest BCUT2D eigenvalue weighted by molar-refractivity contribution is -0.113. The second-order valence-electron chi connectivity index (χ2n) is 7.24. The van der Waals surface area contributed by atoms with Crippen molar-refractivity contribution in [1.82, 2.24) is 9.97 Å². The fraction of sp³-hybridized carbons (Fsp3) is 0.0385. The summed E-state index contributed by atoms with van der Waals surface area (Å²) < 4.78 is 13.9. The van der Waals surface area contributed by atoms with Crippen LogP contribution in [0.4, 0.5) is 10.1 Å². The Hall–Kier alpha value is -3.77. The van der Waals surface area contributed by atoms with Crippen LogP contribution in [0.2, 0.25) is 0 Å². The van der Waals surface area contributed by atoms with Crippen molar-refractivity contribution in [2.24, 2.45) is 0 Å². The Labute approximate surface area is 188 Å². The van der Waals surface area contributed by atoms with Crippen molar-refractivity contribution in [3.8, 4) is 11.4 Å². The molecular weight excluding hydrogens is 421 g/mol. The summed E-state index contributed by atoms with van der Waals surface area (Å²) in [5, 5.41) is 6.18. The van der Waals surface area contributed by atoms with E-state index in [2.05, 4.69) is 15.3 Å². The number of hydrogen-bond donors (Lipinski definition) is 1. The molecule has 0 unspecified atom stereocenters. The molecule has 5 aromatic rings. The summed E-state index contributed by atoms with van der Waals surface area (Å²) in [5.41, 5.74) is 2.26. The number of halogens is 1. The molecule has 0 saturated carbocycles. The van der Waals surface area contributed by atoms with Gasteiger partial charge in [-0.3, -0.25) is 4.79 Å². The molecule has 0 aliphatic heterocycles. The van der Waals surface area contributed by atoms with Crippen molar-refractivity contribution in [3.05, 3.63) is 96.8 Å². The largest absolute Gasteiger partial charge is 0.325 e. The Morgan fingerprint density at radius 1 is 0.844 bits per heavy atom. The molecule has 1 aromatic heterocycles. The van der Waals surface area contributed by atoms with Crippen LogP contribution in [0.15, 0.2) is 96.0 Å². The molecule has 0 saturated heterocycles. The second-order valence-corrected chi connectivity index (χ2v) is 8.21. The van der Waals surface area contributed by atoms with Gasteiger partial charge in [0.05, 0.1) is 11.3 Å². The summed E-state index contributed by atoms with van der Waals surface area (Å²) in [6.45, 7) is 0. The first-order valence-electron chi connectivity index (χ1n) is 10.1. The van der Waals surface area contributed by atoms with E-state index >= 15 is 0 Å². The van der Waals surface area contributed by atoms with Crippen LogP contribution in [0.3, 0.4) is 0 Å². The first-order valence-corrected chi connectivity index (χ1v) is 11.1. The highest BCUT2D eigenvalue weighted by Gasteiger charge is 2.13. The summed E-state index contributed by atoms with van der Waals surface area (Å²) in [5.74, 6) is 0.160. The van der Waals surface area contributed by atoms with Crippen LogP contribution in [0, 0.1) is 5.82 Å². The smallest absolute Gasteiger partial charge is 0.234 e. The average Bonchev–Trinajstić information content (AvgIpc) is 2.83. The van der Waals surface area contributed by atoms with Crippen molar-refractivity contribution in [3.63, 3.8) is 0 Å². The van der Waals surface area contributed by atoms with Gasteiger partial charge in [-0.25, -0.2) is 14.4 Å². The van der Waals surface area contributed by atoms with Gasteiger partial charge in [-0.05, 0) is 29.7 Å². The number of anilines is 1. The number of fused-ring (bicyclic) bond motifs is 2. The van der Waals surface area contributed by atoms with Crippen molar-refractivity contribution in [1.29, 1.82) is 0 Å². The topological polar surface area (TPSA) is 54.9 Å². The van der Waals surface area contributed by atoms with Crippen LogP contribution in [-0.4, -0.2) is 21.6 Å². The number of nitrogens with zero attached hydrogens (tertiary/aromatic N) is 2. The van der Waals surface area contributed by atoms with E-state index in [1.165, 1.54) is 23.9 Å². The Balaban J connectivity index is 1.43. The Morgan fingerprint density at radius 3 is 2.50 bits per heavy atom. The van der Waals surface area contributed by atoms with Crippen molar-refractivity contribution < 1.29 is 9.18 Å². The molecule has 4 nitrogen and oxygen atoms in total. The third-order valence-electron chi connectivity index (χ3n) is 5.06. The fourth-order valence-electron chi connectivity index (χ4n) is 3.55.